The molecular weight excluding hydrogens is 368 g/mol. The molecule has 7 heteroatoms. The van der Waals surface area contributed by atoms with Gasteiger partial charge >= 0.3 is 0 Å². The molecule has 5 rings (SSSR count). The van der Waals surface area contributed by atoms with Gasteiger partial charge in [-0.25, -0.2) is 9.97 Å². The van der Waals surface area contributed by atoms with Crippen molar-refractivity contribution in [1.29, 1.82) is 0 Å². The van der Waals surface area contributed by atoms with E-state index in [9.17, 15) is 4.79 Å². The van der Waals surface area contributed by atoms with Gasteiger partial charge in [0.1, 0.15) is 5.82 Å². The first kappa shape index (κ1) is 18.4. The molecule has 1 amide bonds. The maximum Gasteiger partial charge on any atom is 0.227 e. The van der Waals surface area contributed by atoms with Crippen LogP contribution < -0.4 is 14.8 Å². The second-order valence-electron chi connectivity index (χ2n) is 7.92. The van der Waals surface area contributed by atoms with Crippen molar-refractivity contribution in [1.82, 2.24) is 20.2 Å². The number of aromatic nitrogens is 2. The molecule has 0 spiro atoms. The van der Waals surface area contributed by atoms with Crippen LogP contribution >= 0.6 is 0 Å². The number of amides is 1. The van der Waals surface area contributed by atoms with Gasteiger partial charge in [0.05, 0.1) is 31.4 Å². The number of fused-ring (bicyclic) bond motifs is 2. The maximum absolute atomic E-state index is 12.9. The Hall–Kier alpha value is -2.67. The SMILES string of the molecule is O=C(Cc1ccc2c(c1)OCCCO2)N1CCc2nc([C@H]3CCCN3)ncc2C1. The van der Waals surface area contributed by atoms with Crippen LogP contribution in [0.5, 0.6) is 11.5 Å². The normalized spacial score (nSPS) is 20.8. The number of benzene rings is 1. The van der Waals surface area contributed by atoms with Gasteiger partial charge in [0, 0.05) is 37.7 Å². The number of ether oxygens (including phenoxy) is 2. The van der Waals surface area contributed by atoms with Crippen LogP contribution in [0.3, 0.4) is 0 Å². The summed E-state index contributed by atoms with van der Waals surface area (Å²) in [6.07, 6.45) is 6.19. The lowest BCUT2D eigenvalue weighted by molar-refractivity contribution is -0.131. The molecule has 0 aliphatic carbocycles. The second-order valence-corrected chi connectivity index (χ2v) is 7.92. The minimum atomic E-state index is 0.117. The van der Waals surface area contributed by atoms with Gasteiger partial charge < -0.3 is 19.7 Å². The van der Waals surface area contributed by atoms with Crippen LogP contribution in [-0.2, 0) is 24.2 Å². The first-order valence-electron chi connectivity index (χ1n) is 10.5. The lowest BCUT2D eigenvalue weighted by Crippen LogP contribution is -2.37. The summed E-state index contributed by atoms with van der Waals surface area (Å²) < 4.78 is 11.4. The Bertz CT molecular complexity index is 911. The number of carbonyl (C=O) groups excluding carboxylic acids is 1. The average Bonchev–Trinajstić information content (AvgIpc) is 3.19. The molecule has 7 nitrogen and oxygen atoms in total. The van der Waals surface area contributed by atoms with Crippen LogP contribution in [0.2, 0.25) is 0 Å². The van der Waals surface area contributed by atoms with Crippen molar-refractivity contribution < 1.29 is 14.3 Å². The van der Waals surface area contributed by atoms with E-state index in [-0.39, 0.29) is 11.9 Å². The molecule has 1 N–H and O–H groups in total. The lowest BCUT2D eigenvalue weighted by atomic mass is 10.0. The highest BCUT2D eigenvalue weighted by molar-refractivity contribution is 5.79. The molecule has 1 atom stereocenters. The third-order valence-electron chi connectivity index (χ3n) is 5.84. The number of hydrogen-bond acceptors (Lipinski definition) is 6. The minimum absolute atomic E-state index is 0.117. The fraction of sp³-hybridized carbons (Fsp3) is 0.500. The molecule has 2 aromatic rings. The molecule has 1 fully saturated rings. The number of nitrogens with one attached hydrogen (secondary N) is 1. The summed E-state index contributed by atoms with van der Waals surface area (Å²) in [6, 6.07) is 6.06. The average molecular weight is 394 g/mol. The fourth-order valence-electron chi connectivity index (χ4n) is 4.22. The molecule has 3 aliphatic rings. The number of carbonyl (C=O) groups is 1. The van der Waals surface area contributed by atoms with Crippen molar-refractivity contribution in [3.8, 4) is 11.5 Å². The Morgan fingerprint density at radius 2 is 2.10 bits per heavy atom. The van der Waals surface area contributed by atoms with Crippen molar-refractivity contribution in [2.75, 3.05) is 26.3 Å². The van der Waals surface area contributed by atoms with Crippen molar-refractivity contribution in [2.24, 2.45) is 0 Å². The van der Waals surface area contributed by atoms with Gasteiger partial charge in [0.15, 0.2) is 11.5 Å². The van der Waals surface area contributed by atoms with Crippen LogP contribution in [0.4, 0.5) is 0 Å². The van der Waals surface area contributed by atoms with E-state index in [1.54, 1.807) is 0 Å². The molecule has 4 heterocycles. The van der Waals surface area contributed by atoms with Gasteiger partial charge in [-0.05, 0) is 37.1 Å². The van der Waals surface area contributed by atoms with Gasteiger partial charge in [-0.2, -0.15) is 0 Å². The summed E-state index contributed by atoms with van der Waals surface area (Å²) >= 11 is 0. The van der Waals surface area contributed by atoms with Crippen LogP contribution in [0.1, 0.15) is 47.9 Å². The Kier molecular flexibility index (Phi) is 5.06. The highest BCUT2D eigenvalue weighted by Gasteiger charge is 2.25. The van der Waals surface area contributed by atoms with Crippen LogP contribution in [-0.4, -0.2) is 47.1 Å². The van der Waals surface area contributed by atoms with E-state index in [1.807, 2.05) is 29.3 Å². The van der Waals surface area contributed by atoms with E-state index in [4.69, 9.17) is 14.5 Å². The molecule has 0 radical (unpaired) electrons. The Balaban J connectivity index is 1.25. The first-order valence-corrected chi connectivity index (χ1v) is 10.5. The van der Waals surface area contributed by atoms with E-state index in [1.165, 1.54) is 6.42 Å². The molecule has 0 unspecified atom stereocenters. The highest BCUT2D eigenvalue weighted by Crippen LogP contribution is 2.31. The Morgan fingerprint density at radius 1 is 1.21 bits per heavy atom. The monoisotopic (exact) mass is 394 g/mol. The molecule has 1 aromatic carbocycles. The van der Waals surface area contributed by atoms with Crippen molar-refractivity contribution in [3.63, 3.8) is 0 Å². The molecule has 0 saturated carbocycles. The van der Waals surface area contributed by atoms with E-state index < -0.39 is 0 Å². The van der Waals surface area contributed by atoms with Crippen molar-refractivity contribution >= 4 is 5.91 Å². The Labute approximate surface area is 170 Å². The Morgan fingerprint density at radius 3 is 2.97 bits per heavy atom. The standard InChI is InChI=1S/C22H26N4O3/c27-21(12-15-4-5-19-20(11-15)29-10-2-9-28-19)26-8-6-17-16(14-26)13-24-22(25-17)18-3-1-7-23-18/h4-5,11,13,18,23H,1-3,6-10,12,14H2/t18-/m1/s1. The lowest BCUT2D eigenvalue weighted by Gasteiger charge is -2.28. The van der Waals surface area contributed by atoms with Gasteiger partial charge in [0.25, 0.3) is 0 Å². The molecule has 0 bridgehead atoms. The van der Waals surface area contributed by atoms with Crippen LogP contribution in [0.25, 0.3) is 0 Å². The van der Waals surface area contributed by atoms with E-state index in [0.29, 0.717) is 32.7 Å². The quantitative estimate of drug-likeness (QED) is 0.860. The summed E-state index contributed by atoms with van der Waals surface area (Å²) in [5.74, 6) is 2.51. The molecule has 152 valence electrons. The highest BCUT2D eigenvalue weighted by atomic mass is 16.5. The molecular formula is C22H26N4O3. The number of rotatable bonds is 3. The predicted molar refractivity (Wildman–Crippen MR) is 107 cm³/mol. The maximum atomic E-state index is 12.9. The molecule has 3 aliphatic heterocycles. The van der Waals surface area contributed by atoms with Crippen molar-refractivity contribution in [2.45, 2.75) is 44.7 Å². The summed E-state index contributed by atoms with van der Waals surface area (Å²) in [5, 5.41) is 3.45. The molecule has 1 aromatic heterocycles. The third kappa shape index (κ3) is 3.92. The van der Waals surface area contributed by atoms with E-state index in [0.717, 1.165) is 60.0 Å². The van der Waals surface area contributed by atoms with Gasteiger partial charge in [-0.15, -0.1) is 0 Å². The van der Waals surface area contributed by atoms with Gasteiger partial charge in [-0.3, -0.25) is 4.79 Å². The number of hydrogen-bond donors (Lipinski definition) is 1. The first-order chi connectivity index (χ1) is 14.3. The smallest absolute Gasteiger partial charge is 0.227 e. The minimum Gasteiger partial charge on any atom is -0.490 e. The molecule has 1 saturated heterocycles. The summed E-state index contributed by atoms with van der Waals surface area (Å²) in [6.45, 7) is 3.63. The van der Waals surface area contributed by atoms with Crippen LogP contribution in [0.15, 0.2) is 24.4 Å². The van der Waals surface area contributed by atoms with Gasteiger partial charge in [0.2, 0.25) is 5.91 Å². The van der Waals surface area contributed by atoms with Gasteiger partial charge in [-0.1, -0.05) is 6.07 Å². The summed E-state index contributed by atoms with van der Waals surface area (Å²) in [7, 11) is 0. The molecule has 29 heavy (non-hydrogen) atoms. The zero-order valence-corrected chi connectivity index (χ0v) is 16.5. The topological polar surface area (TPSA) is 76.6 Å². The third-order valence-corrected chi connectivity index (χ3v) is 5.84. The predicted octanol–water partition coefficient (Wildman–Crippen LogP) is 2.19. The van der Waals surface area contributed by atoms with E-state index in [2.05, 4.69) is 10.3 Å². The summed E-state index contributed by atoms with van der Waals surface area (Å²) in [5.41, 5.74) is 3.09. The van der Waals surface area contributed by atoms with E-state index >= 15 is 0 Å². The second kappa shape index (κ2) is 7.99. The zero-order valence-electron chi connectivity index (χ0n) is 16.5. The van der Waals surface area contributed by atoms with Crippen LogP contribution in [0, 0.1) is 0 Å². The fourth-order valence-corrected chi connectivity index (χ4v) is 4.22. The summed E-state index contributed by atoms with van der Waals surface area (Å²) in [4.78, 5) is 24.2. The number of nitrogens with zero attached hydrogens (tertiary/aromatic N) is 3. The largest absolute Gasteiger partial charge is 0.490 e. The van der Waals surface area contributed by atoms with Crippen molar-refractivity contribution in [3.05, 3.63) is 47.0 Å². The zero-order chi connectivity index (χ0) is 19.6.